The molecule has 1 aromatic rings. The number of carbonyl (C=O) groups excluding carboxylic acids is 1. The van der Waals surface area contributed by atoms with Gasteiger partial charge in [-0.25, -0.2) is 4.39 Å². The minimum atomic E-state index is -1.35. The van der Waals surface area contributed by atoms with Gasteiger partial charge in [0.15, 0.2) is 5.60 Å². The fourth-order valence-corrected chi connectivity index (χ4v) is 5.12. The molecule has 28 heavy (non-hydrogen) atoms. The van der Waals surface area contributed by atoms with Gasteiger partial charge in [-0.1, -0.05) is 31.0 Å². The molecule has 1 amide bonds. The molecule has 6 heteroatoms. The van der Waals surface area contributed by atoms with Crippen LogP contribution in [0.3, 0.4) is 0 Å². The highest BCUT2D eigenvalue weighted by molar-refractivity contribution is 5.86. The third-order valence-electron chi connectivity index (χ3n) is 6.76. The molecule has 1 aliphatic carbocycles. The topological polar surface area (TPSA) is 47.0 Å². The van der Waals surface area contributed by atoms with Gasteiger partial charge < -0.3 is 10.0 Å². The Bertz CT molecular complexity index is 686. The van der Waals surface area contributed by atoms with E-state index in [2.05, 4.69) is 9.80 Å². The Kier molecular flexibility index (Phi) is 5.99. The average molecular weight is 390 g/mol. The van der Waals surface area contributed by atoms with E-state index < -0.39 is 5.60 Å². The maximum Gasteiger partial charge on any atom is 0.256 e. The molecule has 5 nitrogen and oxygen atoms in total. The van der Waals surface area contributed by atoms with Crippen LogP contribution >= 0.6 is 0 Å². The Hall–Kier alpha value is -1.50. The molecule has 2 heterocycles. The fourth-order valence-electron chi connectivity index (χ4n) is 5.12. The number of amides is 1. The summed E-state index contributed by atoms with van der Waals surface area (Å²) < 4.78 is 14.0. The SMILES string of the molecule is O=C1N(Cc2ccccc2F)CCC[C@@]1(O)CN1CCN(C2CCCC2)CC1. The van der Waals surface area contributed by atoms with Crippen molar-refractivity contribution in [3.8, 4) is 0 Å². The van der Waals surface area contributed by atoms with Crippen molar-refractivity contribution in [1.82, 2.24) is 14.7 Å². The summed E-state index contributed by atoms with van der Waals surface area (Å²) in [4.78, 5) is 19.5. The van der Waals surface area contributed by atoms with E-state index in [1.54, 1.807) is 23.1 Å². The Balaban J connectivity index is 1.34. The second kappa shape index (κ2) is 8.47. The number of hydrogen-bond donors (Lipinski definition) is 1. The quantitative estimate of drug-likeness (QED) is 0.839. The van der Waals surface area contributed by atoms with Crippen molar-refractivity contribution in [2.75, 3.05) is 39.3 Å². The molecular formula is C22H32FN3O2. The third-order valence-corrected chi connectivity index (χ3v) is 6.76. The van der Waals surface area contributed by atoms with Crippen LogP contribution in [-0.4, -0.2) is 76.6 Å². The van der Waals surface area contributed by atoms with Gasteiger partial charge in [-0.05, 0) is 31.7 Å². The van der Waals surface area contributed by atoms with Crippen LogP contribution in [0.4, 0.5) is 4.39 Å². The minimum absolute atomic E-state index is 0.225. The van der Waals surface area contributed by atoms with Crippen molar-refractivity contribution in [2.45, 2.75) is 56.7 Å². The molecule has 154 valence electrons. The third kappa shape index (κ3) is 4.24. The second-order valence-electron chi connectivity index (χ2n) is 8.70. The number of benzene rings is 1. The van der Waals surface area contributed by atoms with E-state index in [-0.39, 0.29) is 18.3 Å². The molecule has 0 radical (unpaired) electrons. The van der Waals surface area contributed by atoms with Crippen LogP contribution in [0.15, 0.2) is 24.3 Å². The number of halogens is 1. The Morgan fingerprint density at radius 1 is 1.04 bits per heavy atom. The Morgan fingerprint density at radius 3 is 2.46 bits per heavy atom. The Labute approximate surface area is 167 Å². The van der Waals surface area contributed by atoms with Crippen LogP contribution < -0.4 is 0 Å². The number of hydrogen-bond acceptors (Lipinski definition) is 4. The maximum atomic E-state index is 14.0. The summed E-state index contributed by atoms with van der Waals surface area (Å²) in [5.41, 5.74) is -0.843. The second-order valence-corrected chi connectivity index (χ2v) is 8.70. The van der Waals surface area contributed by atoms with Crippen molar-refractivity contribution in [3.05, 3.63) is 35.6 Å². The van der Waals surface area contributed by atoms with E-state index in [4.69, 9.17) is 0 Å². The first kappa shape index (κ1) is 19.8. The van der Waals surface area contributed by atoms with Crippen molar-refractivity contribution < 1.29 is 14.3 Å². The highest BCUT2D eigenvalue weighted by atomic mass is 19.1. The lowest BCUT2D eigenvalue weighted by Gasteiger charge is -2.44. The highest BCUT2D eigenvalue weighted by Crippen LogP contribution is 2.28. The first-order valence-corrected chi connectivity index (χ1v) is 10.8. The van der Waals surface area contributed by atoms with E-state index in [0.29, 0.717) is 25.1 Å². The number of rotatable bonds is 5. The molecule has 2 aliphatic heterocycles. The number of piperazine rings is 1. The van der Waals surface area contributed by atoms with Gasteiger partial charge in [0.05, 0.1) is 0 Å². The highest BCUT2D eigenvalue weighted by Gasteiger charge is 2.44. The Morgan fingerprint density at radius 2 is 1.75 bits per heavy atom. The van der Waals surface area contributed by atoms with Crippen LogP contribution in [0.2, 0.25) is 0 Å². The molecule has 1 atom stereocenters. The molecular weight excluding hydrogens is 357 g/mol. The summed E-state index contributed by atoms with van der Waals surface area (Å²) in [6.07, 6.45) is 6.55. The summed E-state index contributed by atoms with van der Waals surface area (Å²) in [5.74, 6) is -0.548. The predicted octanol–water partition coefficient (Wildman–Crippen LogP) is 2.24. The number of nitrogens with zero attached hydrogens (tertiary/aromatic N) is 3. The summed E-state index contributed by atoms with van der Waals surface area (Å²) >= 11 is 0. The van der Waals surface area contributed by atoms with Crippen LogP contribution in [0.5, 0.6) is 0 Å². The minimum Gasteiger partial charge on any atom is -0.379 e. The van der Waals surface area contributed by atoms with Gasteiger partial charge in [-0.2, -0.15) is 0 Å². The van der Waals surface area contributed by atoms with Gasteiger partial charge >= 0.3 is 0 Å². The van der Waals surface area contributed by atoms with Crippen LogP contribution in [-0.2, 0) is 11.3 Å². The number of likely N-dealkylation sites (tertiary alicyclic amines) is 1. The number of piperidine rings is 1. The van der Waals surface area contributed by atoms with Crippen LogP contribution in [0.25, 0.3) is 0 Å². The van der Waals surface area contributed by atoms with Crippen molar-refractivity contribution in [1.29, 1.82) is 0 Å². The van der Waals surface area contributed by atoms with Gasteiger partial charge in [0.1, 0.15) is 5.82 Å². The first-order chi connectivity index (χ1) is 13.5. The normalized spacial score (nSPS) is 28.2. The molecule has 3 fully saturated rings. The summed E-state index contributed by atoms with van der Waals surface area (Å²) in [5, 5.41) is 11.1. The van der Waals surface area contributed by atoms with Gasteiger partial charge in [0, 0.05) is 57.4 Å². The monoisotopic (exact) mass is 389 g/mol. The molecule has 4 rings (SSSR count). The molecule has 0 aromatic heterocycles. The van der Waals surface area contributed by atoms with Crippen molar-refractivity contribution in [3.63, 3.8) is 0 Å². The number of aliphatic hydroxyl groups is 1. The van der Waals surface area contributed by atoms with Crippen molar-refractivity contribution in [2.24, 2.45) is 0 Å². The smallest absolute Gasteiger partial charge is 0.256 e. The summed E-state index contributed by atoms with van der Waals surface area (Å²) in [6, 6.07) is 7.29. The molecule has 0 bridgehead atoms. The largest absolute Gasteiger partial charge is 0.379 e. The summed E-state index contributed by atoms with van der Waals surface area (Å²) in [7, 11) is 0. The lowest BCUT2D eigenvalue weighted by Crippen LogP contribution is -2.60. The summed E-state index contributed by atoms with van der Waals surface area (Å²) in [6.45, 7) is 5.03. The van der Waals surface area contributed by atoms with E-state index in [1.807, 2.05) is 0 Å². The van der Waals surface area contributed by atoms with E-state index in [0.717, 1.165) is 38.6 Å². The van der Waals surface area contributed by atoms with Crippen LogP contribution in [0, 0.1) is 5.82 Å². The molecule has 1 N–H and O–H groups in total. The van der Waals surface area contributed by atoms with Gasteiger partial charge in [0.2, 0.25) is 0 Å². The van der Waals surface area contributed by atoms with Gasteiger partial charge in [-0.3, -0.25) is 14.6 Å². The number of β-amino-alcohol motifs (C(OH)–C–C–N with tert-alkyl or cyclic N) is 1. The zero-order valence-corrected chi connectivity index (χ0v) is 16.7. The van der Waals surface area contributed by atoms with Gasteiger partial charge in [0.25, 0.3) is 5.91 Å². The lowest BCUT2D eigenvalue weighted by molar-refractivity contribution is -0.161. The fraction of sp³-hybridized carbons (Fsp3) is 0.682. The first-order valence-electron chi connectivity index (χ1n) is 10.8. The maximum absolute atomic E-state index is 14.0. The molecule has 0 spiro atoms. The predicted molar refractivity (Wildman–Crippen MR) is 106 cm³/mol. The average Bonchev–Trinajstić information content (AvgIpc) is 3.23. The zero-order valence-electron chi connectivity index (χ0n) is 16.7. The van der Waals surface area contributed by atoms with E-state index in [9.17, 15) is 14.3 Å². The molecule has 1 aromatic carbocycles. The van der Waals surface area contributed by atoms with Gasteiger partial charge in [-0.15, -0.1) is 0 Å². The lowest BCUT2D eigenvalue weighted by atomic mass is 9.90. The molecule has 1 saturated carbocycles. The molecule has 2 saturated heterocycles. The molecule has 3 aliphatic rings. The van der Waals surface area contributed by atoms with Crippen LogP contribution in [0.1, 0.15) is 44.1 Å². The zero-order chi connectivity index (χ0) is 19.6. The van der Waals surface area contributed by atoms with E-state index >= 15 is 0 Å². The standard InChI is InChI=1S/C22H32FN3O2/c23-20-9-4-1-6-18(20)16-26-11-5-10-22(28,21(26)27)17-24-12-14-25(15-13-24)19-7-2-3-8-19/h1,4,6,9,19,28H,2-3,5,7-8,10-17H2/t22-/m1/s1. The van der Waals surface area contributed by atoms with Crippen molar-refractivity contribution >= 4 is 5.91 Å². The number of carbonyl (C=O) groups is 1. The van der Waals surface area contributed by atoms with E-state index in [1.165, 1.54) is 31.7 Å². The molecule has 0 unspecified atom stereocenters.